The van der Waals surface area contributed by atoms with Crippen molar-refractivity contribution >= 4 is 38.2 Å². The highest BCUT2D eigenvalue weighted by Crippen LogP contribution is 2.38. The maximum Gasteiger partial charge on any atom is 0.260 e. The average molecular weight is 482 g/mol. The predicted octanol–water partition coefficient (Wildman–Crippen LogP) is 4.56. The number of hydrogen-bond acceptors (Lipinski definition) is 5. The quantitative estimate of drug-likeness (QED) is 0.427. The maximum atomic E-state index is 13.7. The van der Waals surface area contributed by atoms with Gasteiger partial charge in [-0.2, -0.15) is 9.52 Å². The van der Waals surface area contributed by atoms with Gasteiger partial charge in [-0.05, 0) is 35.9 Å². The Morgan fingerprint density at radius 2 is 1.82 bits per heavy atom. The van der Waals surface area contributed by atoms with E-state index in [-0.39, 0.29) is 12.0 Å². The number of hydrazone groups is 1. The fraction of sp³-hybridized carbons (Fsp3) is 0.167. The molecule has 2 aromatic heterocycles. The predicted molar refractivity (Wildman–Crippen MR) is 129 cm³/mol. The molecule has 1 atom stereocenters. The number of fused-ring (bicyclic) bond motifs is 1. The SMILES string of the molecule is Cn1c(=O)c(C2=NN(S(C)(=O)=O)[C@H](c3ccco3)C2)c(-c2ccccc2)c2cc(Cl)ccc21. The van der Waals surface area contributed by atoms with E-state index in [4.69, 9.17) is 16.0 Å². The minimum Gasteiger partial charge on any atom is -0.467 e. The topological polar surface area (TPSA) is 84.9 Å². The number of hydrogen-bond donors (Lipinski definition) is 0. The van der Waals surface area contributed by atoms with Crippen molar-refractivity contribution in [1.29, 1.82) is 0 Å². The largest absolute Gasteiger partial charge is 0.467 e. The van der Waals surface area contributed by atoms with Crippen molar-refractivity contribution in [3.05, 3.63) is 93.6 Å². The fourth-order valence-corrected chi connectivity index (χ4v) is 5.39. The van der Waals surface area contributed by atoms with Crippen molar-refractivity contribution in [2.75, 3.05) is 6.26 Å². The number of sulfonamides is 1. The van der Waals surface area contributed by atoms with E-state index in [9.17, 15) is 13.2 Å². The van der Waals surface area contributed by atoms with Crippen LogP contribution in [-0.4, -0.2) is 29.4 Å². The van der Waals surface area contributed by atoms with E-state index in [1.165, 1.54) is 6.26 Å². The van der Waals surface area contributed by atoms with Crippen molar-refractivity contribution in [2.24, 2.45) is 12.1 Å². The molecule has 0 saturated carbocycles. The van der Waals surface area contributed by atoms with Gasteiger partial charge in [-0.15, -0.1) is 0 Å². The molecule has 5 rings (SSSR count). The van der Waals surface area contributed by atoms with Crippen LogP contribution in [0.3, 0.4) is 0 Å². The van der Waals surface area contributed by atoms with Gasteiger partial charge >= 0.3 is 0 Å². The molecule has 0 fully saturated rings. The van der Waals surface area contributed by atoms with Crippen molar-refractivity contribution in [1.82, 2.24) is 8.98 Å². The Morgan fingerprint density at radius 1 is 1.06 bits per heavy atom. The fourth-order valence-electron chi connectivity index (χ4n) is 4.33. The summed E-state index contributed by atoms with van der Waals surface area (Å²) in [6, 6.07) is 17.6. The molecular weight excluding hydrogens is 462 g/mol. The van der Waals surface area contributed by atoms with E-state index < -0.39 is 16.1 Å². The van der Waals surface area contributed by atoms with Crippen LogP contribution in [0.1, 0.15) is 23.8 Å². The highest BCUT2D eigenvalue weighted by atomic mass is 35.5. The van der Waals surface area contributed by atoms with Gasteiger partial charge in [0.15, 0.2) is 0 Å². The Hall–Kier alpha value is -3.36. The Balaban J connectivity index is 1.83. The van der Waals surface area contributed by atoms with E-state index in [1.54, 1.807) is 35.9 Å². The lowest BCUT2D eigenvalue weighted by Gasteiger charge is -2.18. The second-order valence-electron chi connectivity index (χ2n) is 7.96. The van der Waals surface area contributed by atoms with E-state index in [0.29, 0.717) is 33.1 Å². The molecule has 0 unspecified atom stereocenters. The van der Waals surface area contributed by atoms with Gasteiger partial charge in [0.05, 0.1) is 29.3 Å². The highest BCUT2D eigenvalue weighted by Gasteiger charge is 2.38. The van der Waals surface area contributed by atoms with Crippen LogP contribution in [0.2, 0.25) is 5.02 Å². The Kier molecular flexibility index (Phi) is 5.14. The standard InChI is InChI=1S/C24H20ClN3O4S/c1-27-19-11-10-16(25)13-17(19)22(15-7-4-3-5-8-15)23(24(27)29)18-14-20(21-9-6-12-32-21)28(26-18)33(2,30)31/h3-13,20H,14H2,1-2H3/t20-/m0/s1. The third-order valence-electron chi connectivity index (χ3n) is 5.79. The van der Waals surface area contributed by atoms with Gasteiger partial charge in [0.1, 0.15) is 11.8 Å². The van der Waals surface area contributed by atoms with Crippen molar-refractivity contribution in [3.63, 3.8) is 0 Å². The molecule has 9 heteroatoms. The summed E-state index contributed by atoms with van der Waals surface area (Å²) in [6.45, 7) is 0. The van der Waals surface area contributed by atoms with Gasteiger partial charge in [0.2, 0.25) is 10.0 Å². The third-order valence-corrected chi connectivity index (χ3v) is 7.04. The molecule has 7 nitrogen and oxygen atoms in total. The second kappa shape index (κ2) is 7.90. The first-order valence-electron chi connectivity index (χ1n) is 10.2. The summed E-state index contributed by atoms with van der Waals surface area (Å²) < 4.78 is 33.2. The van der Waals surface area contributed by atoms with Crippen LogP contribution in [0.5, 0.6) is 0 Å². The molecule has 0 saturated heterocycles. The summed E-state index contributed by atoms with van der Waals surface area (Å²) in [4.78, 5) is 13.7. The number of halogens is 1. The van der Waals surface area contributed by atoms with Crippen LogP contribution in [0.15, 0.2) is 81.2 Å². The van der Waals surface area contributed by atoms with Crippen LogP contribution < -0.4 is 5.56 Å². The Bertz CT molecular complexity index is 1560. The lowest BCUT2D eigenvalue weighted by Crippen LogP contribution is -2.26. The van der Waals surface area contributed by atoms with Crippen LogP contribution >= 0.6 is 11.6 Å². The Morgan fingerprint density at radius 3 is 2.48 bits per heavy atom. The van der Waals surface area contributed by atoms with Crippen molar-refractivity contribution in [2.45, 2.75) is 12.5 Å². The van der Waals surface area contributed by atoms with Crippen LogP contribution in [0, 0.1) is 0 Å². The zero-order chi connectivity index (χ0) is 23.3. The highest BCUT2D eigenvalue weighted by molar-refractivity contribution is 7.88. The van der Waals surface area contributed by atoms with Gasteiger partial charge in [0.25, 0.3) is 5.56 Å². The summed E-state index contributed by atoms with van der Waals surface area (Å²) in [5.41, 5.74) is 2.66. The van der Waals surface area contributed by atoms with E-state index >= 15 is 0 Å². The molecule has 0 amide bonds. The zero-order valence-electron chi connectivity index (χ0n) is 17.9. The normalized spacial score (nSPS) is 16.4. The van der Waals surface area contributed by atoms with E-state index in [1.807, 2.05) is 36.4 Å². The molecule has 0 aliphatic carbocycles. The monoisotopic (exact) mass is 481 g/mol. The summed E-state index contributed by atoms with van der Waals surface area (Å²) in [5, 5.41) is 5.75. The summed E-state index contributed by atoms with van der Waals surface area (Å²) in [5.74, 6) is 0.459. The molecule has 4 aromatic rings. The molecule has 1 aliphatic rings. The molecule has 0 bridgehead atoms. The molecule has 2 aromatic carbocycles. The van der Waals surface area contributed by atoms with Gasteiger partial charge in [-0.3, -0.25) is 4.79 Å². The number of rotatable bonds is 4. The lowest BCUT2D eigenvalue weighted by atomic mass is 9.91. The van der Waals surface area contributed by atoms with Crippen LogP contribution in [0.4, 0.5) is 0 Å². The van der Waals surface area contributed by atoms with E-state index in [2.05, 4.69) is 5.10 Å². The number of aryl methyl sites for hydroxylation is 1. The number of furan rings is 1. The van der Waals surface area contributed by atoms with Gasteiger partial charge in [-0.25, -0.2) is 8.42 Å². The summed E-state index contributed by atoms with van der Waals surface area (Å²) in [7, 11) is -2.03. The van der Waals surface area contributed by atoms with E-state index in [0.717, 1.165) is 21.6 Å². The molecule has 168 valence electrons. The molecule has 0 spiro atoms. The molecule has 1 aliphatic heterocycles. The molecule has 0 radical (unpaired) electrons. The summed E-state index contributed by atoms with van der Waals surface area (Å²) in [6.07, 6.45) is 2.77. The molecule has 0 N–H and O–H groups in total. The first-order chi connectivity index (χ1) is 15.8. The second-order valence-corrected chi connectivity index (χ2v) is 10.2. The molecule has 33 heavy (non-hydrogen) atoms. The Labute approximate surface area is 195 Å². The number of aromatic nitrogens is 1. The zero-order valence-corrected chi connectivity index (χ0v) is 19.5. The number of nitrogens with zero attached hydrogens (tertiary/aromatic N) is 3. The summed E-state index contributed by atoms with van der Waals surface area (Å²) >= 11 is 6.34. The first-order valence-corrected chi connectivity index (χ1v) is 12.5. The van der Waals surface area contributed by atoms with Gasteiger partial charge in [0, 0.05) is 29.4 Å². The van der Waals surface area contributed by atoms with Crippen molar-refractivity contribution < 1.29 is 12.8 Å². The smallest absolute Gasteiger partial charge is 0.260 e. The number of benzene rings is 2. The van der Waals surface area contributed by atoms with Crippen LogP contribution in [0.25, 0.3) is 22.0 Å². The first kappa shape index (κ1) is 21.5. The average Bonchev–Trinajstić information content (AvgIpc) is 3.46. The van der Waals surface area contributed by atoms with Gasteiger partial charge < -0.3 is 8.98 Å². The minimum absolute atomic E-state index is 0.196. The third kappa shape index (κ3) is 3.65. The number of pyridine rings is 1. The van der Waals surface area contributed by atoms with Crippen LogP contribution in [-0.2, 0) is 17.1 Å². The maximum absolute atomic E-state index is 13.7. The molecular formula is C24H20ClN3O4S. The van der Waals surface area contributed by atoms with Crippen molar-refractivity contribution in [3.8, 4) is 11.1 Å². The lowest BCUT2D eigenvalue weighted by molar-refractivity contribution is 0.322. The van der Waals surface area contributed by atoms with Gasteiger partial charge in [-0.1, -0.05) is 41.9 Å². The molecule has 3 heterocycles. The minimum atomic E-state index is -3.71.